The molecule has 0 saturated heterocycles. The number of ether oxygens (including phenoxy) is 1. The predicted octanol–water partition coefficient (Wildman–Crippen LogP) is 2.54. The summed E-state index contributed by atoms with van der Waals surface area (Å²) in [4.78, 5) is 13.0. The van der Waals surface area contributed by atoms with Gasteiger partial charge in [-0.3, -0.25) is 0 Å². The smallest absolute Gasteiger partial charge is 0.321 e. The highest BCUT2D eigenvalue weighted by Gasteiger charge is 2.07. The first kappa shape index (κ1) is 15.3. The summed E-state index contributed by atoms with van der Waals surface area (Å²) in [5.41, 5.74) is 1.44. The van der Waals surface area contributed by atoms with Gasteiger partial charge in [0, 0.05) is 25.8 Å². The van der Waals surface area contributed by atoms with Gasteiger partial charge < -0.3 is 15.0 Å². The van der Waals surface area contributed by atoms with Crippen LogP contribution >= 0.6 is 0 Å². The van der Waals surface area contributed by atoms with Crippen molar-refractivity contribution in [2.75, 3.05) is 19.4 Å². The summed E-state index contributed by atoms with van der Waals surface area (Å²) >= 11 is 0. The van der Waals surface area contributed by atoms with Gasteiger partial charge in [-0.25, -0.2) is 4.79 Å². The van der Waals surface area contributed by atoms with E-state index in [4.69, 9.17) is 10.00 Å². The van der Waals surface area contributed by atoms with Crippen molar-refractivity contribution in [3.05, 3.63) is 41.7 Å². The maximum absolute atomic E-state index is 11.5. The number of urea groups is 1. The van der Waals surface area contributed by atoms with Gasteiger partial charge in [-0.2, -0.15) is 10.4 Å². The van der Waals surface area contributed by atoms with Crippen LogP contribution in [0, 0.1) is 18.3 Å². The summed E-state index contributed by atoms with van der Waals surface area (Å²) in [5, 5.41) is 19.1. The number of benzene rings is 1. The first-order valence-electron chi connectivity index (χ1n) is 6.50. The van der Waals surface area contributed by atoms with Crippen LogP contribution in [0.15, 0.2) is 30.3 Å². The standard InChI is InChI=1S/C15H15N5O2/c1-10-14(8-12(9-16)19-18-10)22-13-6-4-11(5-7-13)17-15(21)20(2)3/h4-8H,1-3H3,(H,17,21). The monoisotopic (exact) mass is 297 g/mol. The molecule has 0 aliphatic carbocycles. The molecule has 2 amide bonds. The van der Waals surface area contributed by atoms with Crippen LogP contribution in [0.2, 0.25) is 0 Å². The topological polar surface area (TPSA) is 91.1 Å². The third kappa shape index (κ3) is 3.70. The summed E-state index contributed by atoms with van der Waals surface area (Å²) in [5.74, 6) is 1.04. The minimum Gasteiger partial charge on any atom is -0.455 e. The fourth-order valence-electron chi connectivity index (χ4n) is 1.56. The third-order valence-electron chi connectivity index (χ3n) is 2.79. The van der Waals surface area contributed by atoms with Crippen LogP contribution < -0.4 is 10.1 Å². The van der Waals surface area contributed by atoms with E-state index in [1.165, 1.54) is 11.0 Å². The zero-order valence-corrected chi connectivity index (χ0v) is 12.5. The molecule has 0 atom stereocenters. The van der Waals surface area contributed by atoms with Gasteiger partial charge in [-0.05, 0) is 31.2 Å². The predicted molar refractivity (Wildman–Crippen MR) is 80.7 cm³/mol. The van der Waals surface area contributed by atoms with Crippen LogP contribution in [0.5, 0.6) is 11.5 Å². The van der Waals surface area contributed by atoms with Crippen LogP contribution in [0.25, 0.3) is 0 Å². The maximum atomic E-state index is 11.5. The highest BCUT2D eigenvalue weighted by Crippen LogP contribution is 2.25. The van der Waals surface area contributed by atoms with E-state index in [0.717, 1.165) is 0 Å². The molecule has 1 aromatic heterocycles. The molecule has 0 saturated carbocycles. The zero-order chi connectivity index (χ0) is 16.1. The molecule has 0 bridgehead atoms. The van der Waals surface area contributed by atoms with Crippen molar-refractivity contribution in [2.24, 2.45) is 0 Å². The number of carbonyl (C=O) groups is 1. The van der Waals surface area contributed by atoms with E-state index in [2.05, 4.69) is 15.5 Å². The average Bonchev–Trinajstić information content (AvgIpc) is 2.51. The number of hydrogen-bond donors (Lipinski definition) is 1. The Labute approximate surface area is 128 Å². The second-order valence-corrected chi connectivity index (χ2v) is 4.74. The minimum absolute atomic E-state index is 0.190. The number of carbonyl (C=O) groups excluding carboxylic acids is 1. The number of nitriles is 1. The van der Waals surface area contributed by atoms with Crippen LogP contribution in [0.4, 0.5) is 10.5 Å². The molecule has 0 aliphatic rings. The molecule has 0 fully saturated rings. The van der Waals surface area contributed by atoms with Crippen LogP contribution in [-0.2, 0) is 0 Å². The Bertz CT molecular complexity index is 720. The molecule has 2 aromatic rings. The van der Waals surface area contributed by atoms with Crippen LogP contribution in [0.1, 0.15) is 11.4 Å². The summed E-state index contributed by atoms with van der Waals surface area (Å²) in [6.45, 7) is 1.75. The molecule has 0 radical (unpaired) electrons. The summed E-state index contributed by atoms with van der Waals surface area (Å²) < 4.78 is 5.68. The Kier molecular flexibility index (Phi) is 4.53. The van der Waals surface area contributed by atoms with Crippen molar-refractivity contribution in [1.82, 2.24) is 15.1 Å². The summed E-state index contributed by atoms with van der Waals surface area (Å²) in [6, 6.07) is 10.1. The second kappa shape index (κ2) is 6.54. The van der Waals surface area contributed by atoms with Crippen molar-refractivity contribution in [1.29, 1.82) is 5.26 Å². The lowest BCUT2D eigenvalue weighted by Gasteiger charge is -2.12. The SMILES string of the molecule is Cc1nnc(C#N)cc1Oc1ccc(NC(=O)N(C)C)cc1. The molecule has 2 rings (SSSR count). The van der Waals surface area contributed by atoms with Gasteiger partial charge >= 0.3 is 6.03 Å². The molecule has 1 aromatic carbocycles. The van der Waals surface area contributed by atoms with Gasteiger partial charge in [-0.1, -0.05) is 0 Å². The lowest BCUT2D eigenvalue weighted by molar-refractivity contribution is 0.230. The van der Waals surface area contributed by atoms with Gasteiger partial charge in [0.2, 0.25) is 0 Å². The number of nitrogens with one attached hydrogen (secondary N) is 1. The first-order chi connectivity index (χ1) is 10.5. The van der Waals surface area contributed by atoms with E-state index in [1.807, 2.05) is 6.07 Å². The number of rotatable bonds is 3. The zero-order valence-electron chi connectivity index (χ0n) is 12.5. The van der Waals surface area contributed by atoms with Crippen molar-refractivity contribution in [2.45, 2.75) is 6.92 Å². The summed E-state index contributed by atoms with van der Waals surface area (Å²) in [7, 11) is 3.33. The molecule has 7 heteroatoms. The highest BCUT2D eigenvalue weighted by molar-refractivity contribution is 5.88. The Balaban J connectivity index is 2.12. The Hall–Kier alpha value is -3.14. The Morgan fingerprint density at radius 2 is 1.95 bits per heavy atom. The van der Waals surface area contributed by atoms with E-state index in [0.29, 0.717) is 22.9 Å². The van der Waals surface area contributed by atoms with E-state index in [9.17, 15) is 4.79 Å². The Morgan fingerprint density at radius 3 is 2.55 bits per heavy atom. The number of aryl methyl sites for hydroxylation is 1. The molecule has 112 valence electrons. The lowest BCUT2D eigenvalue weighted by atomic mass is 10.3. The summed E-state index contributed by atoms with van der Waals surface area (Å²) in [6.07, 6.45) is 0. The van der Waals surface area contributed by atoms with Crippen molar-refractivity contribution >= 4 is 11.7 Å². The van der Waals surface area contributed by atoms with Crippen molar-refractivity contribution in [3.63, 3.8) is 0 Å². The molecular weight excluding hydrogens is 282 g/mol. The van der Waals surface area contributed by atoms with Gasteiger partial charge in [-0.15, -0.1) is 5.10 Å². The number of anilines is 1. The number of nitrogens with zero attached hydrogens (tertiary/aromatic N) is 4. The highest BCUT2D eigenvalue weighted by atomic mass is 16.5. The van der Waals surface area contributed by atoms with Gasteiger partial charge in [0.25, 0.3) is 0 Å². The van der Waals surface area contributed by atoms with Gasteiger partial charge in [0.05, 0.1) is 0 Å². The number of hydrogen-bond acceptors (Lipinski definition) is 5. The van der Waals surface area contributed by atoms with E-state index in [-0.39, 0.29) is 11.7 Å². The normalized spacial score (nSPS) is 9.73. The lowest BCUT2D eigenvalue weighted by Crippen LogP contribution is -2.27. The van der Waals surface area contributed by atoms with Crippen LogP contribution in [-0.4, -0.2) is 35.2 Å². The molecule has 0 spiro atoms. The van der Waals surface area contributed by atoms with E-state index >= 15 is 0 Å². The largest absolute Gasteiger partial charge is 0.455 e. The maximum Gasteiger partial charge on any atom is 0.321 e. The number of aromatic nitrogens is 2. The average molecular weight is 297 g/mol. The molecule has 1 N–H and O–H groups in total. The molecule has 7 nitrogen and oxygen atoms in total. The Morgan fingerprint density at radius 1 is 1.27 bits per heavy atom. The van der Waals surface area contributed by atoms with Crippen molar-refractivity contribution < 1.29 is 9.53 Å². The molecule has 22 heavy (non-hydrogen) atoms. The van der Waals surface area contributed by atoms with Gasteiger partial charge in [0.15, 0.2) is 11.4 Å². The second-order valence-electron chi connectivity index (χ2n) is 4.74. The minimum atomic E-state index is -0.207. The van der Waals surface area contributed by atoms with Crippen molar-refractivity contribution in [3.8, 4) is 17.6 Å². The van der Waals surface area contributed by atoms with Crippen LogP contribution in [0.3, 0.4) is 0 Å². The third-order valence-corrected chi connectivity index (χ3v) is 2.79. The molecular formula is C15H15N5O2. The quantitative estimate of drug-likeness (QED) is 0.940. The first-order valence-corrected chi connectivity index (χ1v) is 6.50. The molecule has 0 unspecified atom stereocenters. The molecule has 1 heterocycles. The fraction of sp³-hybridized carbons (Fsp3) is 0.200. The van der Waals surface area contributed by atoms with Gasteiger partial charge in [0.1, 0.15) is 17.5 Å². The fourth-order valence-corrected chi connectivity index (χ4v) is 1.56. The number of amides is 2. The van der Waals surface area contributed by atoms with E-state index < -0.39 is 0 Å². The molecule has 0 aliphatic heterocycles. The van der Waals surface area contributed by atoms with E-state index in [1.54, 1.807) is 45.3 Å².